The largest absolute Gasteiger partial charge is 0.376 e. The third-order valence-corrected chi connectivity index (χ3v) is 3.97. The lowest BCUT2D eigenvalue weighted by atomic mass is 10.1. The van der Waals surface area contributed by atoms with Crippen molar-refractivity contribution in [3.05, 3.63) is 35.9 Å². The van der Waals surface area contributed by atoms with Crippen molar-refractivity contribution in [1.29, 1.82) is 5.26 Å². The van der Waals surface area contributed by atoms with Gasteiger partial charge in [0.25, 0.3) is 0 Å². The molecular formula is C17H19N3O. The number of benzene rings is 1. The summed E-state index contributed by atoms with van der Waals surface area (Å²) in [6.07, 6.45) is 3.76. The van der Waals surface area contributed by atoms with E-state index in [9.17, 15) is 5.26 Å². The van der Waals surface area contributed by atoms with Crippen LogP contribution in [0.25, 0.3) is 10.9 Å². The maximum absolute atomic E-state index is 9.34. The van der Waals surface area contributed by atoms with Crippen LogP contribution in [0.2, 0.25) is 0 Å². The first-order valence-electron chi connectivity index (χ1n) is 7.40. The number of hydrogen-bond donors (Lipinski definition) is 0. The Labute approximate surface area is 125 Å². The molecule has 0 aliphatic carbocycles. The second kappa shape index (κ2) is 6.11. The first-order chi connectivity index (χ1) is 10.3. The van der Waals surface area contributed by atoms with E-state index < -0.39 is 0 Å². The van der Waals surface area contributed by atoms with Crippen LogP contribution in [-0.4, -0.2) is 31.3 Å². The van der Waals surface area contributed by atoms with Crippen LogP contribution in [0.3, 0.4) is 0 Å². The Morgan fingerprint density at radius 1 is 1.38 bits per heavy atom. The molecule has 0 N–H and O–H groups in total. The maximum Gasteiger partial charge on any atom is 0.130 e. The van der Waals surface area contributed by atoms with Crippen LogP contribution >= 0.6 is 0 Å². The molecule has 1 aliphatic heterocycles. The Bertz CT molecular complexity index is 671. The summed E-state index contributed by atoms with van der Waals surface area (Å²) in [7, 11) is 2.01. The Kier molecular flexibility index (Phi) is 4.03. The highest BCUT2D eigenvalue weighted by Crippen LogP contribution is 2.23. The van der Waals surface area contributed by atoms with Gasteiger partial charge < -0.3 is 9.64 Å². The quantitative estimate of drug-likeness (QED) is 0.867. The lowest BCUT2D eigenvalue weighted by molar-refractivity contribution is 0.0215. The van der Waals surface area contributed by atoms with Gasteiger partial charge >= 0.3 is 0 Å². The van der Waals surface area contributed by atoms with E-state index in [1.807, 2.05) is 37.4 Å². The summed E-state index contributed by atoms with van der Waals surface area (Å²) in [5, 5.41) is 10.3. The van der Waals surface area contributed by atoms with Crippen LogP contribution in [0, 0.1) is 11.3 Å². The van der Waals surface area contributed by atoms with Gasteiger partial charge in [0.1, 0.15) is 5.82 Å². The molecular weight excluding hydrogens is 262 g/mol. The van der Waals surface area contributed by atoms with E-state index in [4.69, 9.17) is 4.74 Å². The summed E-state index contributed by atoms with van der Waals surface area (Å²) in [6.45, 7) is 1.67. The normalized spacial score (nSPS) is 18.4. The van der Waals surface area contributed by atoms with Gasteiger partial charge in [-0.3, -0.25) is 0 Å². The van der Waals surface area contributed by atoms with Crippen molar-refractivity contribution in [1.82, 2.24) is 4.98 Å². The fourth-order valence-electron chi connectivity index (χ4n) is 2.80. The fraction of sp³-hybridized carbons (Fsp3) is 0.412. The Hall–Kier alpha value is -2.12. The Morgan fingerprint density at radius 2 is 2.24 bits per heavy atom. The predicted octanol–water partition coefficient (Wildman–Crippen LogP) is 3.11. The third kappa shape index (κ3) is 2.98. The van der Waals surface area contributed by atoms with Crippen LogP contribution in [0.15, 0.2) is 30.3 Å². The topological polar surface area (TPSA) is 49.1 Å². The van der Waals surface area contributed by atoms with Crippen molar-refractivity contribution in [3.63, 3.8) is 0 Å². The number of pyridine rings is 1. The van der Waals surface area contributed by atoms with Crippen molar-refractivity contribution < 1.29 is 4.74 Å². The minimum absolute atomic E-state index is 0.266. The lowest BCUT2D eigenvalue weighted by Crippen LogP contribution is -2.33. The molecule has 21 heavy (non-hydrogen) atoms. The minimum atomic E-state index is 0.266. The SMILES string of the molecule is CN(CC1CCCCO1)c1cc(C#N)c2ccccc2n1. The van der Waals surface area contributed by atoms with Gasteiger partial charge in [0.2, 0.25) is 0 Å². The average molecular weight is 281 g/mol. The second-order valence-electron chi connectivity index (χ2n) is 5.53. The van der Waals surface area contributed by atoms with Gasteiger partial charge in [-0.2, -0.15) is 5.26 Å². The van der Waals surface area contributed by atoms with Gasteiger partial charge in [-0.05, 0) is 31.4 Å². The molecule has 1 saturated heterocycles. The number of rotatable bonds is 3. The van der Waals surface area contributed by atoms with Gasteiger partial charge in [-0.25, -0.2) is 4.98 Å². The Balaban J connectivity index is 1.87. The van der Waals surface area contributed by atoms with Gasteiger partial charge in [0, 0.05) is 25.6 Å². The summed E-state index contributed by atoms with van der Waals surface area (Å²) >= 11 is 0. The molecule has 0 radical (unpaired) electrons. The zero-order valence-electron chi connectivity index (χ0n) is 12.2. The van der Waals surface area contributed by atoms with E-state index in [1.54, 1.807) is 0 Å². The average Bonchev–Trinajstić information content (AvgIpc) is 2.54. The summed E-state index contributed by atoms with van der Waals surface area (Å²) in [5.41, 5.74) is 1.54. The van der Waals surface area contributed by atoms with Crippen LogP contribution < -0.4 is 4.90 Å². The van der Waals surface area contributed by atoms with Crippen LogP contribution in [0.5, 0.6) is 0 Å². The number of aromatic nitrogens is 1. The molecule has 3 rings (SSSR count). The van der Waals surface area contributed by atoms with E-state index in [0.717, 1.165) is 42.7 Å². The number of likely N-dealkylation sites (N-methyl/N-ethyl adjacent to an activating group) is 1. The maximum atomic E-state index is 9.34. The molecule has 0 saturated carbocycles. The van der Waals surface area contributed by atoms with Crippen molar-refractivity contribution in [3.8, 4) is 6.07 Å². The highest BCUT2D eigenvalue weighted by atomic mass is 16.5. The monoisotopic (exact) mass is 281 g/mol. The number of nitriles is 1. The summed E-state index contributed by atoms with van der Waals surface area (Å²) in [4.78, 5) is 6.76. The van der Waals surface area contributed by atoms with E-state index in [1.165, 1.54) is 6.42 Å². The van der Waals surface area contributed by atoms with Crippen molar-refractivity contribution in [2.75, 3.05) is 25.1 Å². The smallest absolute Gasteiger partial charge is 0.130 e. The molecule has 1 aromatic carbocycles. The number of ether oxygens (including phenoxy) is 1. The standard InChI is InChI=1S/C17H19N3O/c1-20(12-14-6-4-5-9-21-14)17-10-13(11-18)15-7-2-3-8-16(15)19-17/h2-3,7-8,10,14H,4-6,9,12H2,1H3. The van der Waals surface area contributed by atoms with E-state index in [0.29, 0.717) is 5.56 Å². The third-order valence-electron chi connectivity index (χ3n) is 3.97. The van der Waals surface area contributed by atoms with Crippen LogP contribution in [-0.2, 0) is 4.74 Å². The van der Waals surface area contributed by atoms with Gasteiger partial charge in [-0.1, -0.05) is 18.2 Å². The number of anilines is 1. The van der Waals surface area contributed by atoms with Gasteiger partial charge in [0.05, 0.1) is 23.3 Å². The van der Waals surface area contributed by atoms with Gasteiger partial charge in [-0.15, -0.1) is 0 Å². The molecule has 1 fully saturated rings. The number of hydrogen-bond acceptors (Lipinski definition) is 4. The first-order valence-corrected chi connectivity index (χ1v) is 7.40. The number of fused-ring (bicyclic) bond motifs is 1. The van der Waals surface area contributed by atoms with Crippen LogP contribution in [0.1, 0.15) is 24.8 Å². The Morgan fingerprint density at radius 3 is 3.00 bits per heavy atom. The predicted molar refractivity (Wildman–Crippen MR) is 83.3 cm³/mol. The minimum Gasteiger partial charge on any atom is -0.376 e. The first kappa shape index (κ1) is 13.8. The molecule has 2 heterocycles. The van der Waals surface area contributed by atoms with Gasteiger partial charge in [0.15, 0.2) is 0 Å². The van der Waals surface area contributed by atoms with E-state index in [2.05, 4.69) is 16.0 Å². The fourth-order valence-corrected chi connectivity index (χ4v) is 2.80. The van der Waals surface area contributed by atoms with Crippen LogP contribution in [0.4, 0.5) is 5.82 Å². The number of para-hydroxylation sites is 1. The van der Waals surface area contributed by atoms with E-state index in [-0.39, 0.29) is 6.10 Å². The molecule has 1 unspecified atom stereocenters. The molecule has 0 bridgehead atoms. The highest BCUT2D eigenvalue weighted by molar-refractivity contribution is 5.86. The zero-order valence-corrected chi connectivity index (χ0v) is 12.2. The van der Waals surface area contributed by atoms with Crippen molar-refractivity contribution in [2.45, 2.75) is 25.4 Å². The summed E-state index contributed by atoms with van der Waals surface area (Å²) < 4.78 is 5.78. The molecule has 1 aromatic heterocycles. The number of nitrogens with zero attached hydrogens (tertiary/aromatic N) is 3. The highest BCUT2D eigenvalue weighted by Gasteiger charge is 2.17. The second-order valence-corrected chi connectivity index (χ2v) is 5.53. The molecule has 108 valence electrons. The summed E-state index contributed by atoms with van der Waals surface area (Å²) in [5.74, 6) is 0.833. The van der Waals surface area contributed by atoms with Crippen molar-refractivity contribution >= 4 is 16.7 Å². The van der Waals surface area contributed by atoms with E-state index >= 15 is 0 Å². The molecule has 0 amide bonds. The van der Waals surface area contributed by atoms with Crippen molar-refractivity contribution in [2.24, 2.45) is 0 Å². The molecule has 1 aliphatic rings. The molecule has 0 spiro atoms. The molecule has 4 nitrogen and oxygen atoms in total. The molecule has 1 atom stereocenters. The summed E-state index contributed by atoms with van der Waals surface area (Å²) in [6, 6.07) is 11.9. The zero-order chi connectivity index (χ0) is 14.7. The lowest BCUT2D eigenvalue weighted by Gasteiger charge is -2.28. The molecule has 2 aromatic rings. The molecule has 4 heteroatoms.